The standard InChI is InChI=1S/C28H19N3O2S/c29-18-23-22(19-10-4-1-5-11-19)16-24(20-12-6-2-7-13-20)30-27(23)34-25-17-26(32)31(28(25)33)21-14-8-3-9-15-21/h1-16,25H,17H2/t25-/m1/s1. The number of carbonyl (C=O) groups excluding carboxylic acids is 2. The van der Waals surface area contributed by atoms with Crippen LogP contribution in [0.1, 0.15) is 12.0 Å². The third-order valence-corrected chi connectivity index (χ3v) is 6.80. The van der Waals surface area contributed by atoms with Crippen LogP contribution in [-0.4, -0.2) is 22.0 Å². The van der Waals surface area contributed by atoms with Gasteiger partial charge in [0.05, 0.1) is 22.2 Å². The van der Waals surface area contributed by atoms with Crippen molar-refractivity contribution in [2.45, 2.75) is 16.7 Å². The summed E-state index contributed by atoms with van der Waals surface area (Å²) in [6.07, 6.45) is 0.0567. The SMILES string of the molecule is N#Cc1c(-c2ccccc2)cc(-c2ccccc2)nc1S[C@@H]1CC(=O)N(c2ccccc2)C1=O. The molecule has 6 heteroatoms. The van der Waals surface area contributed by atoms with Crippen LogP contribution in [0.15, 0.2) is 102 Å². The average molecular weight is 462 g/mol. The molecule has 0 radical (unpaired) electrons. The fourth-order valence-corrected chi connectivity index (χ4v) is 5.12. The van der Waals surface area contributed by atoms with Crippen molar-refractivity contribution < 1.29 is 9.59 Å². The zero-order valence-electron chi connectivity index (χ0n) is 18.1. The number of hydrogen-bond acceptors (Lipinski definition) is 5. The number of aromatic nitrogens is 1. The van der Waals surface area contributed by atoms with Gasteiger partial charge in [-0.1, -0.05) is 90.6 Å². The Balaban J connectivity index is 1.58. The first-order valence-electron chi connectivity index (χ1n) is 10.8. The number of nitrogens with zero attached hydrogens (tertiary/aromatic N) is 3. The summed E-state index contributed by atoms with van der Waals surface area (Å²) in [4.78, 5) is 31.9. The number of imide groups is 1. The highest BCUT2D eigenvalue weighted by Gasteiger charge is 2.41. The summed E-state index contributed by atoms with van der Waals surface area (Å²) in [5, 5.41) is 9.88. The molecule has 164 valence electrons. The van der Waals surface area contributed by atoms with Gasteiger partial charge in [0.1, 0.15) is 11.1 Å². The normalized spacial score (nSPS) is 15.4. The minimum Gasteiger partial charge on any atom is -0.274 e. The highest BCUT2D eigenvalue weighted by molar-refractivity contribution is 8.00. The molecule has 1 saturated heterocycles. The molecule has 2 amide bonds. The Kier molecular flexibility index (Phi) is 5.94. The van der Waals surface area contributed by atoms with Crippen molar-refractivity contribution in [1.82, 2.24) is 4.98 Å². The molecule has 3 aromatic carbocycles. The van der Waals surface area contributed by atoms with E-state index in [-0.39, 0.29) is 18.2 Å². The number of carbonyl (C=O) groups is 2. The van der Waals surface area contributed by atoms with Crippen molar-refractivity contribution >= 4 is 29.3 Å². The number of nitriles is 1. The molecule has 1 aromatic heterocycles. The van der Waals surface area contributed by atoms with E-state index in [0.717, 1.165) is 16.7 Å². The summed E-state index contributed by atoms with van der Waals surface area (Å²) >= 11 is 1.18. The predicted octanol–water partition coefficient (Wildman–Crippen LogP) is 5.71. The number of hydrogen-bond donors (Lipinski definition) is 0. The molecule has 0 spiro atoms. The van der Waals surface area contributed by atoms with Gasteiger partial charge in [0, 0.05) is 17.5 Å². The van der Waals surface area contributed by atoms with Crippen molar-refractivity contribution in [2.75, 3.05) is 4.90 Å². The Labute approximate surface area is 201 Å². The summed E-state index contributed by atoms with van der Waals surface area (Å²) in [5.41, 5.74) is 4.20. The van der Waals surface area contributed by atoms with Crippen LogP contribution in [0, 0.1) is 11.3 Å². The Morgan fingerprint density at radius 1 is 0.853 bits per heavy atom. The Morgan fingerprint density at radius 3 is 2.06 bits per heavy atom. The van der Waals surface area contributed by atoms with Crippen LogP contribution < -0.4 is 4.90 Å². The Morgan fingerprint density at radius 2 is 1.44 bits per heavy atom. The molecule has 5 rings (SSSR count). The number of pyridine rings is 1. The lowest BCUT2D eigenvalue weighted by molar-refractivity contribution is -0.121. The number of anilines is 1. The van der Waals surface area contributed by atoms with Gasteiger partial charge in [0.25, 0.3) is 0 Å². The first-order valence-corrected chi connectivity index (χ1v) is 11.7. The van der Waals surface area contributed by atoms with Gasteiger partial charge in [0.2, 0.25) is 11.8 Å². The lowest BCUT2D eigenvalue weighted by atomic mass is 9.99. The number of para-hydroxylation sites is 1. The second-order valence-corrected chi connectivity index (χ2v) is 8.98. The average Bonchev–Trinajstić information content (AvgIpc) is 3.17. The quantitative estimate of drug-likeness (QED) is 0.356. The van der Waals surface area contributed by atoms with Crippen LogP contribution in [0.2, 0.25) is 0 Å². The van der Waals surface area contributed by atoms with Crippen LogP contribution in [0.5, 0.6) is 0 Å². The van der Waals surface area contributed by atoms with E-state index in [1.807, 2.05) is 72.8 Å². The van der Waals surface area contributed by atoms with Gasteiger partial charge in [-0.25, -0.2) is 9.88 Å². The fourth-order valence-electron chi connectivity index (χ4n) is 4.00. The molecule has 34 heavy (non-hydrogen) atoms. The number of thioether (sulfide) groups is 1. The number of amides is 2. The maximum Gasteiger partial charge on any atom is 0.247 e. The van der Waals surface area contributed by atoms with E-state index in [9.17, 15) is 14.9 Å². The van der Waals surface area contributed by atoms with Crippen LogP contribution in [-0.2, 0) is 9.59 Å². The summed E-state index contributed by atoms with van der Waals surface area (Å²) in [6.45, 7) is 0. The van der Waals surface area contributed by atoms with Crippen LogP contribution in [0.25, 0.3) is 22.4 Å². The molecule has 0 saturated carbocycles. The summed E-state index contributed by atoms with van der Waals surface area (Å²) in [7, 11) is 0. The molecular formula is C28H19N3O2S. The molecule has 1 aliphatic rings. The van der Waals surface area contributed by atoms with Gasteiger partial charge >= 0.3 is 0 Å². The Hall–Kier alpha value is -4.21. The first kappa shape index (κ1) is 21.6. The van der Waals surface area contributed by atoms with Crippen molar-refractivity contribution in [3.05, 3.63) is 103 Å². The molecule has 0 aliphatic carbocycles. The van der Waals surface area contributed by atoms with Crippen LogP contribution in [0.3, 0.4) is 0 Å². The molecule has 2 heterocycles. The van der Waals surface area contributed by atoms with Crippen molar-refractivity contribution in [3.8, 4) is 28.5 Å². The lowest BCUT2D eigenvalue weighted by Crippen LogP contribution is -2.31. The first-order chi connectivity index (χ1) is 16.7. The molecule has 0 bridgehead atoms. The van der Waals surface area contributed by atoms with Crippen LogP contribution >= 0.6 is 11.8 Å². The second-order valence-electron chi connectivity index (χ2n) is 7.79. The van der Waals surface area contributed by atoms with Gasteiger partial charge < -0.3 is 0 Å². The fraction of sp³-hybridized carbons (Fsp3) is 0.0714. The maximum atomic E-state index is 13.2. The van der Waals surface area contributed by atoms with Gasteiger partial charge in [-0.3, -0.25) is 9.59 Å². The highest BCUT2D eigenvalue weighted by atomic mass is 32.2. The molecular weight excluding hydrogens is 442 g/mol. The summed E-state index contributed by atoms with van der Waals surface area (Å²) in [5.74, 6) is -0.548. The second kappa shape index (κ2) is 9.34. The predicted molar refractivity (Wildman–Crippen MR) is 133 cm³/mol. The molecule has 1 aliphatic heterocycles. The molecule has 4 aromatic rings. The number of benzene rings is 3. The smallest absolute Gasteiger partial charge is 0.247 e. The summed E-state index contributed by atoms with van der Waals surface area (Å²) in [6, 6.07) is 32.5. The number of rotatable bonds is 5. The van der Waals surface area contributed by atoms with Gasteiger partial charge in [-0.2, -0.15) is 5.26 Å². The molecule has 0 N–H and O–H groups in total. The van der Waals surface area contributed by atoms with Crippen LogP contribution in [0.4, 0.5) is 5.69 Å². The maximum absolute atomic E-state index is 13.2. The van der Waals surface area contributed by atoms with Gasteiger partial charge in [0.15, 0.2) is 0 Å². The van der Waals surface area contributed by atoms with Gasteiger partial charge in [-0.15, -0.1) is 0 Å². The third-order valence-electron chi connectivity index (χ3n) is 5.63. The molecule has 1 atom stereocenters. The molecule has 5 nitrogen and oxygen atoms in total. The van der Waals surface area contributed by atoms with Crippen molar-refractivity contribution in [3.63, 3.8) is 0 Å². The Bertz CT molecular complexity index is 1400. The zero-order chi connectivity index (χ0) is 23.5. The van der Waals surface area contributed by atoms with E-state index in [1.165, 1.54) is 16.7 Å². The molecule has 0 unspecified atom stereocenters. The van der Waals surface area contributed by atoms with Gasteiger partial charge in [-0.05, 0) is 23.8 Å². The third kappa shape index (κ3) is 4.09. The van der Waals surface area contributed by atoms with Crippen molar-refractivity contribution in [2.24, 2.45) is 0 Å². The minimum atomic E-state index is -0.651. The monoisotopic (exact) mass is 461 g/mol. The van der Waals surface area contributed by atoms with E-state index in [4.69, 9.17) is 4.98 Å². The highest BCUT2D eigenvalue weighted by Crippen LogP contribution is 2.39. The minimum absolute atomic E-state index is 0.0567. The van der Waals surface area contributed by atoms with Crippen molar-refractivity contribution in [1.29, 1.82) is 5.26 Å². The topological polar surface area (TPSA) is 74.1 Å². The van der Waals surface area contributed by atoms with E-state index >= 15 is 0 Å². The van der Waals surface area contributed by atoms with E-state index in [0.29, 0.717) is 22.0 Å². The van der Waals surface area contributed by atoms with E-state index < -0.39 is 5.25 Å². The van der Waals surface area contributed by atoms with E-state index in [2.05, 4.69) is 6.07 Å². The largest absolute Gasteiger partial charge is 0.274 e. The summed E-state index contributed by atoms with van der Waals surface area (Å²) < 4.78 is 0. The molecule has 1 fully saturated rings. The zero-order valence-corrected chi connectivity index (χ0v) is 18.9. The van der Waals surface area contributed by atoms with E-state index in [1.54, 1.807) is 24.3 Å². The lowest BCUT2D eigenvalue weighted by Gasteiger charge is -2.16.